The number of nitrogens with zero attached hydrogens (tertiary/aromatic N) is 3. The zero-order valence-electron chi connectivity index (χ0n) is 10.1. The van der Waals surface area contributed by atoms with E-state index in [1.807, 2.05) is 18.0 Å². The minimum absolute atomic E-state index is 0.0194. The highest BCUT2D eigenvalue weighted by atomic mass is 79.9. The van der Waals surface area contributed by atoms with Crippen molar-refractivity contribution in [3.05, 3.63) is 28.2 Å². The first-order chi connectivity index (χ1) is 7.93. The monoisotopic (exact) mass is 295 g/mol. The fraction of sp³-hybridized carbons (Fsp3) is 0.333. The van der Waals surface area contributed by atoms with Gasteiger partial charge in [0.1, 0.15) is 0 Å². The van der Waals surface area contributed by atoms with E-state index in [4.69, 9.17) is 5.26 Å². The van der Waals surface area contributed by atoms with Crippen LogP contribution >= 0.6 is 15.9 Å². The van der Waals surface area contributed by atoms with Gasteiger partial charge in [0, 0.05) is 31.3 Å². The first-order valence-corrected chi connectivity index (χ1v) is 5.85. The van der Waals surface area contributed by atoms with Crippen molar-refractivity contribution >= 4 is 27.5 Å². The van der Waals surface area contributed by atoms with Crippen LogP contribution in [-0.2, 0) is 4.79 Å². The SMILES string of the molecule is CN(C)C(=O)CN(C)c1cc(Br)cc(C#N)c1. The van der Waals surface area contributed by atoms with Crippen LogP contribution in [0, 0.1) is 11.3 Å². The third-order valence-corrected chi connectivity index (χ3v) is 2.78. The number of rotatable bonds is 3. The topological polar surface area (TPSA) is 47.3 Å². The molecule has 0 N–H and O–H groups in total. The van der Waals surface area contributed by atoms with Crippen molar-refractivity contribution in [3.63, 3.8) is 0 Å². The molecule has 0 bridgehead atoms. The van der Waals surface area contributed by atoms with E-state index < -0.39 is 0 Å². The molecule has 17 heavy (non-hydrogen) atoms. The van der Waals surface area contributed by atoms with Gasteiger partial charge in [-0.3, -0.25) is 4.79 Å². The van der Waals surface area contributed by atoms with Crippen molar-refractivity contribution < 1.29 is 4.79 Å². The predicted molar refractivity (Wildman–Crippen MR) is 70.8 cm³/mol. The molecule has 0 fully saturated rings. The van der Waals surface area contributed by atoms with Crippen LogP contribution in [-0.4, -0.2) is 38.5 Å². The number of carbonyl (C=O) groups excluding carboxylic acids is 1. The average Bonchev–Trinajstić information content (AvgIpc) is 2.27. The highest BCUT2D eigenvalue weighted by Crippen LogP contribution is 2.21. The van der Waals surface area contributed by atoms with Crippen LogP contribution in [0.2, 0.25) is 0 Å². The fourth-order valence-electron chi connectivity index (χ4n) is 1.29. The molecule has 0 radical (unpaired) electrons. The van der Waals surface area contributed by atoms with E-state index in [-0.39, 0.29) is 12.5 Å². The lowest BCUT2D eigenvalue weighted by Gasteiger charge is -2.21. The summed E-state index contributed by atoms with van der Waals surface area (Å²) in [6.45, 7) is 0.286. The molecule has 0 spiro atoms. The molecular formula is C12H14BrN3O. The molecule has 1 aromatic carbocycles. The lowest BCUT2D eigenvalue weighted by atomic mass is 10.2. The van der Waals surface area contributed by atoms with E-state index >= 15 is 0 Å². The largest absolute Gasteiger partial charge is 0.365 e. The molecule has 0 aliphatic rings. The van der Waals surface area contributed by atoms with Crippen LogP contribution < -0.4 is 4.90 Å². The highest BCUT2D eigenvalue weighted by molar-refractivity contribution is 9.10. The summed E-state index contributed by atoms with van der Waals surface area (Å²) >= 11 is 3.34. The quantitative estimate of drug-likeness (QED) is 0.855. The molecule has 1 aromatic rings. The summed E-state index contributed by atoms with van der Waals surface area (Å²) < 4.78 is 0.829. The van der Waals surface area contributed by atoms with Crippen LogP contribution in [0.15, 0.2) is 22.7 Å². The molecule has 0 saturated heterocycles. The van der Waals surface area contributed by atoms with Gasteiger partial charge in [-0.15, -0.1) is 0 Å². The Hall–Kier alpha value is -1.54. The number of benzene rings is 1. The summed E-state index contributed by atoms with van der Waals surface area (Å²) in [5.41, 5.74) is 1.41. The summed E-state index contributed by atoms with van der Waals surface area (Å²) in [7, 11) is 5.26. The van der Waals surface area contributed by atoms with Crippen LogP contribution in [0.4, 0.5) is 5.69 Å². The van der Waals surface area contributed by atoms with Crippen LogP contribution in [0.3, 0.4) is 0 Å². The molecule has 0 aliphatic heterocycles. The van der Waals surface area contributed by atoms with E-state index in [1.165, 1.54) is 0 Å². The Morgan fingerprint density at radius 3 is 2.53 bits per heavy atom. The molecule has 5 heteroatoms. The molecule has 0 heterocycles. The molecule has 1 rings (SSSR count). The molecule has 4 nitrogen and oxygen atoms in total. The molecule has 0 atom stereocenters. The number of halogens is 1. The van der Waals surface area contributed by atoms with Crippen LogP contribution in [0.1, 0.15) is 5.56 Å². The smallest absolute Gasteiger partial charge is 0.241 e. The molecule has 0 aromatic heterocycles. The lowest BCUT2D eigenvalue weighted by Crippen LogP contribution is -2.34. The first-order valence-electron chi connectivity index (χ1n) is 5.06. The van der Waals surface area contributed by atoms with Crippen LogP contribution in [0.25, 0.3) is 0 Å². The van der Waals surface area contributed by atoms with Crippen molar-refractivity contribution in [1.82, 2.24) is 4.90 Å². The lowest BCUT2D eigenvalue weighted by molar-refractivity contribution is -0.127. The maximum Gasteiger partial charge on any atom is 0.241 e. The van der Waals surface area contributed by atoms with Gasteiger partial charge in [-0.25, -0.2) is 0 Å². The fourth-order valence-corrected chi connectivity index (χ4v) is 1.78. The standard InChI is InChI=1S/C12H14BrN3O/c1-15(2)12(17)8-16(3)11-5-9(7-14)4-10(13)6-11/h4-6H,8H2,1-3H3. The van der Waals surface area contributed by atoms with Crippen molar-refractivity contribution in [2.24, 2.45) is 0 Å². The zero-order valence-corrected chi connectivity index (χ0v) is 11.7. The number of hydrogen-bond donors (Lipinski definition) is 0. The first kappa shape index (κ1) is 13.5. The summed E-state index contributed by atoms with van der Waals surface area (Å²) in [4.78, 5) is 14.9. The summed E-state index contributed by atoms with van der Waals surface area (Å²) in [6.07, 6.45) is 0. The third-order valence-electron chi connectivity index (χ3n) is 2.32. The van der Waals surface area contributed by atoms with E-state index in [0.717, 1.165) is 10.2 Å². The van der Waals surface area contributed by atoms with Gasteiger partial charge in [-0.2, -0.15) is 5.26 Å². The van der Waals surface area contributed by atoms with Crippen molar-refractivity contribution in [3.8, 4) is 6.07 Å². The Bertz CT molecular complexity index is 465. The van der Waals surface area contributed by atoms with Crippen molar-refractivity contribution in [2.45, 2.75) is 0 Å². The van der Waals surface area contributed by atoms with Gasteiger partial charge < -0.3 is 9.80 Å². The van der Waals surface area contributed by atoms with Gasteiger partial charge in [-0.1, -0.05) is 15.9 Å². The van der Waals surface area contributed by atoms with Gasteiger partial charge in [0.25, 0.3) is 0 Å². The second kappa shape index (κ2) is 5.69. The van der Waals surface area contributed by atoms with Gasteiger partial charge >= 0.3 is 0 Å². The Balaban J connectivity index is 2.89. The molecule has 1 amide bonds. The normalized spacial score (nSPS) is 9.59. The Morgan fingerprint density at radius 2 is 2.00 bits per heavy atom. The number of anilines is 1. The Morgan fingerprint density at radius 1 is 1.35 bits per heavy atom. The van der Waals surface area contributed by atoms with Crippen molar-refractivity contribution in [2.75, 3.05) is 32.6 Å². The maximum atomic E-state index is 11.6. The van der Waals surface area contributed by atoms with Gasteiger partial charge in [0.15, 0.2) is 0 Å². The second-order valence-corrected chi connectivity index (χ2v) is 4.87. The van der Waals surface area contributed by atoms with E-state index in [0.29, 0.717) is 5.56 Å². The molecular weight excluding hydrogens is 282 g/mol. The average molecular weight is 296 g/mol. The van der Waals surface area contributed by atoms with Crippen molar-refractivity contribution in [1.29, 1.82) is 5.26 Å². The minimum Gasteiger partial charge on any atom is -0.365 e. The number of hydrogen-bond acceptors (Lipinski definition) is 3. The molecule has 0 aliphatic carbocycles. The number of amides is 1. The van der Waals surface area contributed by atoms with E-state index in [1.54, 1.807) is 31.1 Å². The second-order valence-electron chi connectivity index (χ2n) is 3.95. The zero-order chi connectivity index (χ0) is 13.0. The van der Waals surface area contributed by atoms with Gasteiger partial charge in [0.05, 0.1) is 18.2 Å². The summed E-state index contributed by atoms with van der Waals surface area (Å²) in [6, 6.07) is 7.46. The number of carbonyl (C=O) groups is 1. The third kappa shape index (κ3) is 3.75. The van der Waals surface area contributed by atoms with E-state index in [2.05, 4.69) is 22.0 Å². The highest BCUT2D eigenvalue weighted by Gasteiger charge is 2.10. The van der Waals surface area contributed by atoms with E-state index in [9.17, 15) is 4.79 Å². The molecule has 90 valence electrons. The summed E-state index contributed by atoms with van der Waals surface area (Å²) in [5.74, 6) is 0.0194. The Kier molecular flexibility index (Phi) is 4.53. The van der Waals surface area contributed by atoms with Gasteiger partial charge in [0.2, 0.25) is 5.91 Å². The number of nitriles is 1. The molecule has 0 saturated carbocycles. The Labute approximate surface area is 110 Å². The number of likely N-dealkylation sites (N-methyl/N-ethyl adjacent to an activating group) is 2. The van der Waals surface area contributed by atoms with Gasteiger partial charge in [-0.05, 0) is 18.2 Å². The predicted octanol–water partition coefficient (Wildman–Crippen LogP) is 1.85. The molecule has 0 unspecified atom stereocenters. The summed E-state index contributed by atoms with van der Waals surface area (Å²) in [5, 5.41) is 8.87. The minimum atomic E-state index is 0.0194. The van der Waals surface area contributed by atoms with Crippen LogP contribution in [0.5, 0.6) is 0 Å². The maximum absolute atomic E-state index is 11.6.